The minimum atomic E-state index is -0.583. The summed E-state index contributed by atoms with van der Waals surface area (Å²) in [7, 11) is 0. The molecule has 0 aliphatic rings. The first-order valence-corrected chi connectivity index (χ1v) is 5.10. The molecule has 2 heterocycles. The van der Waals surface area contributed by atoms with Crippen molar-refractivity contribution in [1.29, 1.82) is 0 Å². The Hall–Kier alpha value is -2.70. The molecule has 3 aromatic rings. The van der Waals surface area contributed by atoms with E-state index in [1.807, 2.05) is 0 Å². The highest BCUT2D eigenvalue weighted by Gasteiger charge is 2.12. The summed E-state index contributed by atoms with van der Waals surface area (Å²) in [5, 5.41) is 9.16. The third kappa shape index (κ3) is 1.53. The molecule has 0 aliphatic carbocycles. The summed E-state index contributed by atoms with van der Waals surface area (Å²) in [6.07, 6.45) is 1.29. The van der Waals surface area contributed by atoms with Crippen molar-refractivity contribution >= 4 is 17.0 Å². The van der Waals surface area contributed by atoms with E-state index in [2.05, 4.69) is 19.9 Å². The quantitative estimate of drug-likeness (QED) is 0.602. The number of aromatic hydroxyl groups is 1. The van der Waals surface area contributed by atoms with Gasteiger partial charge in [0, 0.05) is 6.07 Å². The van der Waals surface area contributed by atoms with Gasteiger partial charge in [-0.1, -0.05) is 0 Å². The molecule has 0 fully saturated rings. The average Bonchev–Trinajstić information content (AvgIpc) is 2.74. The number of anilines is 1. The number of aromatic amines is 1. The van der Waals surface area contributed by atoms with Gasteiger partial charge in [0.05, 0.1) is 5.56 Å². The number of H-pyrrole nitrogens is 1. The van der Waals surface area contributed by atoms with Crippen LogP contribution in [0.2, 0.25) is 0 Å². The molecule has 6 nitrogen and oxygen atoms in total. The molecule has 3 rings (SSSR count). The van der Waals surface area contributed by atoms with E-state index in [0.717, 1.165) is 6.07 Å². The molecule has 90 valence electrons. The van der Waals surface area contributed by atoms with E-state index >= 15 is 0 Å². The second-order valence-corrected chi connectivity index (χ2v) is 3.71. The van der Waals surface area contributed by atoms with Gasteiger partial charge in [0.15, 0.2) is 11.5 Å². The number of nitrogen functional groups attached to an aromatic ring is 1. The first-order valence-electron chi connectivity index (χ1n) is 5.10. The van der Waals surface area contributed by atoms with Gasteiger partial charge in [-0.3, -0.25) is 0 Å². The van der Waals surface area contributed by atoms with Gasteiger partial charge in [-0.05, 0) is 12.1 Å². The van der Waals surface area contributed by atoms with Gasteiger partial charge in [0.2, 0.25) is 0 Å². The van der Waals surface area contributed by atoms with Crippen molar-refractivity contribution in [3.05, 3.63) is 30.3 Å². The summed E-state index contributed by atoms with van der Waals surface area (Å²) >= 11 is 0. The highest BCUT2D eigenvalue weighted by Crippen LogP contribution is 2.26. The number of halogens is 1. The maximum Gasteiger partial charge on any atom is 0.183 e. The lowest BCUT2D eigenvalue weighted by atomic mass is 10.2. The Morgan fingerprint density at radius 3 is 2.83 bits per heavy atom. The fraction of sp³-hybridized carbons (Fsp3) is 0. The first-order chi connectivity index (χ1) is 8.65. The smallest absolute Gasteiger partial charge is 0.183 e. The number of hydrogen-bond donors (Lipinski definition) is 3. The normalized spacial score (nSPS) is 10.9. The monoisotopic (exact) mass is 245 g/mol. The van der Waals surface area contributed by atoms with Gasteiger partial charge in [0.25, 0.3) is 0 Å². The third-order valence-electron chi connectivity index (χ3n) is 2.53. The van der Waals surface area contributed by atoms with Crippen molar-refractivity contribution in [2.45, 2.75) is 0 Å². The minimum absolute atomic E-state index is 0.147. The maximum absolute atomic E-state index is 13.7. The summed E-state index contributed by atoms with van der Waals surface area (Å²) in [6.45, 7) is 0. The lowest BCUT2D eigenvalue weighted by molar-refractivity contribution is 0.469. The molecular weight excluding hydrogens is 237 g/mol. The lowest BCUT2D eigenvalue weighted by Crippen LogP contribution is -1.91. The number of phenolic OH excluding ortho intramolecular Hbond substituents is 1. The lowest BCUT2D eigenvalue weighted by Gasteiger charge is -1.99. The van der Waals surface area contributed by atoms with Gasteiger partial charge >= 0.3 is 0 Å². The minimum Gasteiger partial charge on any atom is -0.508 e. The van der Waals surface area contributed by atoms with E-state index in [0.29, 0.717) is 11.2 Å². The zero-order valence-electron chi connectivity index (χ0n) is 9.05. The Labute approximate surface area is 100 Å². The number of imidazole rings is 1. The van der Waals surface area contributed by atoms with Crippen molar-refractivity contribution in [1.82, 2.24) is 19.9 Å². The molecule has 18 heavy (non-hydrogen) atoms. The highest BCUT2D eigenvalue weighted by molar-refractivity contribution is 5.84. The number of nitrogens with one attached hydrogen (secondary N) is 1. The fourth-order valence-electron chi connectivity index (χ4n) is 1.67. The Balaban J connectivity index is 2.23. The van der Waals surface area contributed by atoms with Crippen LogP contribution in [0.4, 0.5) is 10.2 Å². The van der Waals surface area contributed by atoms with Crippen molar-refractivity contribution in [3.63, 3.8) is 0 Å². The molecule has 1 aromatic carbocycles. The number of phenols is 1. The maximum atomic E-state index is 13.7. The Morgan fingerprint density at radius 2 is 2.11 bits per heavy atom. The number of fused-ring (bicyclic) bond motifs is 1. The molecule has 0 bridgehead atoms. The molecule has 4 N–H and O–H groups in total. The summed E-state index contributed by atoms with van der Waals surface area (Å²) in [4.78, 5) is 14.7. The topological polar surface area (TPSA) is 101 Å². The number of hydrogen-bond acceptors (Lipinski definition) is 5. The summed E-state index contributed by atoms with van der Waals surface area (Å²) in [5.74, 6) is -0.195. The second-order valence-electron chi connectivity index (χ2n) is 3.71. The van der Waals surface area contributed by atoms with Crippen LogP contribution < -0.4 is 5.73 Å². The number of aromatic nitrogens is 4. The van der Waals surface area contributed by atoms with E-state index in [1.54, 1.807) is 0 Å². The van der Waals surface area contributed by atoms with E-state index in [-0.39, 0.29) is 23.0 Å². The average molecular weight is 245 g/mol. The van der Waals surface area contributed by atoms with Gasteiger partial charge in [-0.2, -0.15) is 0 Å². The van der Waals surface area contributed by atoms with Gasteiger partial charge < -0.3 is 15.8 Å². The summed E-state index contributed by atoms with van der Waals surface area (Å²) < 4.78 is 13.7. The molecule has 0 amide bonds. The molecule has 0 spiro atoms. The Bertz CT molecular complexity index is 739. The van der Waals surface area contributed by atoms with Crippen LogP contribution in [0.15, 0.2) is 24.5 Å². The number of nitrogens with two attached hydrogens (primary N) is 1. The van der Waals surface area contributed by atoms with Crippen LogP contribution in [0.3, 0.4) is 0 Å². The van der Waals surface area contributed by atoms with Crippen LogP contribution in [0.25, 0.3) is 22.6 Å². The van der Waals surface area contributed by atoms with Crippen LogP contribution >= 0.6 is 0 Å². The van der Waals surface area contributed by atoms with Crippen LogP contribution in [-0.2, 0) is 0 Å². The molecule has 7 heteroatoms. The molecule has 0 unspecified atom stereocenters. The molecular formula is C11H8FN5O. The van der Waals surface area contributed by atoms with Crippen LogP contribution in [0, 0.1) is 5.82 Å². The SMILES string of the molecule is Nc1ncnc2nc(-c3ccc(O)cc3F)[nH]c12. The molecule has 0 radical (unpaired) electrons. The predicted octanol–water partition coefficient (Wildman–Crippen LogP) is 1.45. The van der Waals surface area contributed by atoms with E-state index < -0.39 is 5.82 Å². The molecule has 0 aliphatic heterocycles. The number of rotatable bonds is 1. The summed E-state index contributed by atoms with van der Waals surface area (Å²) in [5.41, 5.74) is 6.70. The van der Waals surface area contributed by atoms with Gasteiger partial charge in [-0.25, -0.2) is 19.3 Å². The fourth-order valence-corrected chi connectivity index (χ4v) is 1.67. The van der Waals surface area contributed by atoms with Crippen molar-refractivity contribution < 1.29 is 9.50 Å². The van der Waals surface area contributed by atoms with Crippen LogP contribution in [0.1, 0.15) is 0 Å². The van der Waals surface area contributed by atoms with Gasteiger partial charge in [0.1, 0.15) is 29.2 Å². The van der Waals surface area contributed by atoms with Crippen molar-refractivity contribution in [2.75, 3.05) is 5.73 Å². The van der Waals surface area contributed by atoms with E-state index in [9.17, 15) is 4.39 Å². The van der Waals surface area contributed by atoms with Crippen LogP contribution in [-0.4, -0.2) is 25.0 Å². The van der Waals surface area contributed by atoms with Gasteiger partial charge in [-0.15, -0.1) is 0 Å². The standard InChI is InChI=1S/C11H8FN5O/c12-7-3-5(18)1-2-6(7)10-16-8-9(13)14-4-15-11(8)17-10/h1-4,18H,(H3,13,14,15,16,17). The zero-order valence-corrected chi connectivity index (χ0v) is 9.05. The molecule has 0 saturated heterocycles. The number of benzene rings is 1. The number of nitrogens with zero attached hydrogens (tertiary/aromatic N) is 3. The molecule has 2 aromatic heterocycles. The summed E-state index contributed by atoms with van der Waals surface area (Å²) in [6, 6.07) is 3.81. The molecule has 0 saturated carbocycles. The predicted molar refractivity (Wildman–Crippen MR) is 63.2 cm³/mol. The zero-order chi connectivity index (χ0) is 12.7. The second kappa shape index (κ2) is 3.66. The largest absolute Gasteiger partial charge is 0.508 e. The first kappa shape index (κ1) is 10.5. The van der Waals surface area contributed by atoms with E-state index in [4.69, 9.17) is 10.8 Å². The molecule has 0 atom stereocenters. The third-order valence-corrected chi connectivity index (χ3v) is 2.53. The van der Waals surface area contributed by atoms with Crippen molar-refractivity contribution in [2.24, 2.45) is 0 Å². The van der Waals surface area contributed by atoms with Crippen LogP contribution in [0.5, 0.6) is 5.75 Å². The Morgan fingerprint density at radius 1 is 1.28 bits per heavy atom. The Kier molecular flexibility index (Phi) is 2.12. The van der Waals surface area contributed by atoms with Crippen molar-refractivity contribution in [3.8, 4) is 17.1 Å². The van der Waals surface area contributed by atoms with E-state index in [1.165, 1.54) is 18.5 Å². The highest BCUT2D eigenvalue weighted by atomic mass is 19.1.